The lowest BCUT2D eigenvalue weighted by molar-refractivity contribution is 0.164. The van der Waals surface area contributed by atoms with Crippen LogP contribution in [0.4, 0.5) is 5.69 Å². The van der Waals surface area contributed by atoms with Gasteiger partial charge in [0.1, 0.15) is 0 Å². The highest BCUT2D eigenvalue weighted by molar-refractivity contribution is 9.10. The number of hydrogen-bond donors (Lipinski definition) is 1. The first kappa shape index (κ1) is 11.5. The van der Waals surface area contributed by atoms with Crippen molar-refractivity contribution in [3.8, 4) is 0 Å². The third-order valence-electron chi connectivity index (χ3n) is 1.95. The van der Waals surface area contributed by atoms with Gasteiger partial charge < -0.3 is 10.1 Å². The molecule has 1 rings (SSSR count). The predicted octanol–water partition coefficient (Wildman–Crippen LogP) is 3.14. The molecule has 0 saturated heterocycles. The monoisotopic (exact) mass is 257 g/mol. The Hall–Kier alpha value is -0.540. The van der Waals surface area contributed by atoms with Crippen molar-refractivity contribution in [3.63, 3.8) is 0 Å². The van der Waals surface area contributed by atoms with Crippen LogP contribution in [0.15, 0.2) is 28.7 Å². The number of halogens is 1. The molecule has 0 heterocycles. The van der Waals surface area contributed by atoms with Crippen LogP contribution >= 0.6 is 15.9 Å². The molecule has 0 aliphatic carbocycles. The van der Waals surface area contributed by atoms with E-state index in [4.69, 9.17) is 4.74 Å². The number of ether oxygens (including phenoxy) is 1. The smallest absolute Gasteiger partial charge is 0.0504 e. The lowest BCUT2D eigenvalue weighted by Crippen LogP contribution is -2.15. The molecule has 0 aliphatic rings. The highest BCUT2D eigenvalue weighted by Crippen LogP contribution is 2.14. The summed E-state index contributed by atoms with van der Waals surface area (Å²) >= 11 is 3.40. The summed E-state index contributed by atoms with van der Waals surface area (Å²) in [6.07, 6.45) is 0. The molecule has 1 unspecified atom stereocenters. The molecule has 3 heteroatoms. The SMILES string of the molecule is COCC(C)CNc1ccc(Br)cc1. The van der Waals surface area contributed by atoms with E-state index in [2.05, 4.69) is 40.3 Å². The van der Waals surface area contributed by atoms with Crippen molar-refractivity contribution >= 4 is 21.6 Å². The molecule has 2 nitrogen and oxygen atoms in total. The molecule has 0 amide bonds. The average Bonchev–Trinajstić information content (AvgIpc) is 2.17. The molecule has 1 aromatic carbocycles. The maximum Gasteiger partial charge on any atom is 0.0504 e. The standard InChI is InChI=1S/C11H16BrNO/c1-9(8-14-2)7-13-11-5-3-10(12)4-6-11/h3-6,9,13H,7-8H2,1-2H3. The van der Waals surface area contributed by atoms with Crippen LogP contribution in [0.1, 0.15) is 6.92 Å². The van der Waals surface area contributed by atoms with Crippen molar-refractivity contribution in [2.75, 3.05) is 25.6 Å². The summed E-state index contributed by atoms with van der Waals surface area (Å²) in [7, 11) is 1.73. The summed E-state index contributed by atoms with van der Waals surface area (Å²) in [4.78, 5) is 0. The Labute approximate surface area is 93.8 Å². The van der Waals surface area contributed by atoms with E-state index >= 15 is 0 Å². The first-order valence-corrected chi connectivity index (χ1v) is 5.50. The molecule has 0 aromatic heterocycles. The fraction of sp³-hybridized carbons (Fsp3) is 0.455. The van der Waals surface area contributed by atoms with Gasteiger partial charge in [0.15, 0.2) is 0 Å². The molecule has 0 fully saturated rings. The van der Waals surface area contributed by atoms with Gasteiger partial charge in [-0.05, 0) is 30.2 Å². The van der Waals surface area contributed by atoms with Gasteiger partial charge in [-0.15, -0.1) is 0 Å². The third kappa shape index (κ3) is 4.11. The van der Waals surface area contributed by atoms with Crippen LogP contribution in [0.25, 0.3) is 0 Å². The Kier molecular flexibility index (Phi) is 4.98. The maximum absolute atomic E-state index is 5.06. The molecule has 14 heavy (non-hydrogen) atoms. The zero-order valence-electron chi connectivity index (χ0n) is 8.59. The molecule has 78 valence electrons. The van der Waals surface area contributed by atoms with E-state index in [1.54, 1.807) is 7.11 Å². The van der Waals surface area contributed by atoms with Gasteiger partial charge in [0.05, 0.1) is 6.61 Å². The third-order valence-corrected chi connectivity index (χ3v) is 2.48. The van der Waals surface area contributed by atoms with Crippen LogP contribution in [-0.2, 0) is 4.74 Å². The summed E-state index contributed by atoms with van der Waals surface area (Å²) < 4.78 is 6.17. The number of benzene rings is 1. The van der Waals surface area contributed by atoms with Crippen LogP contribution in [0.3, 0.4) is 0 Å². The molecule has 0 radical (unpaired) electrons. The van der Waals surface area contributed by atoms with Crippen LogP contribution in [0, 0.1) is 5.92 Å². The molecule has 1 aromatic rings. The normalized spacial score (nSPS) is 12.5. The molecular formula is C11H16BrNO. The fourth-order valence-corrected chi connectivity index (χ4v) is 1.47. The number of anilines is 1. The molecule has 1 atom stereocenters. The second-order valence-corrected chi connectivity index (χ2v) is 4.36. The van der Waals surface area contributed by atoms with E-state index in [-0.39, 0.29) is 0 Å². The van der Waals surface area contributed by atoms with Crippen LogP contribution in [0.2, 0.25) is 0 Å². The van der Waals surface area contributed by atoms with Gasteiger partial charge in [0, 0.05) is 23.8 Å². The van der Waals surface area contributed by atoms with Gasteiger partial charge in [-0.1, -0.05) is 22.9 Å². The van der Waals surface area contributed by atoms with E-state index in [9.17, 15) is 0 Å². The first-order chi connectivity index (χ1) is 6.72. The van der Waals surface area contributed by atoms with Crippen molar-refractivity contribution in [2.45, 2.75) is 6.92 Å². The quantitative estimate of drug-likeness (QED) is 0.876. The number of hydrogen-bond acceptors (Lipinski definition) is 2. The van der Waals surface area contributed by atoms with Crippen molar-refractivity contribution in [3.05, 3.63) is 28.7 Å². The van der Waals surface area contributed by atoms with Gasteiger partial charge in [-0.25, -0.2) is 0 Å². The largest absolute Gasteiger partial charge is 0.385 e. The van der Waals surface area contributed by atoms with Gasteiger partial charge in [0.2, 0.25) is 0 Å². The Morgan fingerprint density at radius 3 is 2.57 bits per heavy atom. The summed E-state index contributed by atoms with van der Waals surface area (Å²) in [6.45, 7) is 3.90. The summed E-state index contributed by atoms with van der Waals surface area (Å²) in [6, 6.07) is 8.18. The molecule has 0 spiro atoms. The van der Waals surface area contributed by atoms with Gasteiger partial charge in [-0.3, -0.25) is 0 Å². The van der Waals surface area contributed by atoms with Gasteiger partial charge in [0.25, 0.3) is 0 Å². The second kappa shape index (κ2) is 6.04. The minimum Gasteiger partial charge on any atom is -0.385 e. The first-order valence-electron chi connectivity index (χ1n) is 4.70. The minimum atomic E-state index is 0.531. The zero-order chi connectivity index (χ0) is 10.4. The number of methoxy groups -OCH3 is 1. The zero-order valence-corrected chi connectivity index (χ0v) is 10.2. The summed E-state index contributed by atoms with van der Waals surface area (Å²) in [5.74, 6) is 0.531. The van der Waals surface area contributed by atoms with Crippen LogP contribution in [0.5, 0.6) is 0 Å². The Morgan fingerprint density at radius 1 is 1.36 bits per heavy atom. The highest BCUT2D eigenvalue weighted by Gasteiger charge is 2.00. The van der Waals surface area contributed by atoms with Crippen LogP contribution < -0.4 is 5.32 Å². The number of nitrogens with one attached hydrogen (secondary N) is 1. The van der Waals surface area contributed by atoms with Gasteiger partial charge in [-0.2, -0.15) is 0 Å². The lowest BCUT2D eigenvalue weighted by atomic mass is 10.2. The van der Waals surface area contributed by atoms with Crippen molar-refractivity contribution in [2.24, 2.45) is 5.92 Å². The van der Waals surface area contributed by atoms with Crippen molar-refractivity contribution in [1.29, 1.82) is 0 Å². The molecule has 0 saturated carbocycles. The predicted molar refractivity (Wildman–Crippen MR) is 63.7 cm³/mol. The molecular weight excluding hydrogens is 242 g/mol. The lowest BCUT2D eigenvalue weighted by Gasteiger charge is -2.12. The van der Waals surface area contributed by atoms with Crippen molar-refractivity contribution in [1.82, 2.24) is 0 Å². The molecule has 0 bridgehead atoms. The topological polar surface area (TPSA) is 21.3 Å². The Balaban J connectivity index is 2.34. The highest BCUT2D eigenvalue weighted by atomic mass is 79.9. The van der Waals surface area contributed by atoms with E-state index < -0.39 is 0 Å². The second-order valence-electron chi connectivity index (χ2n) is 3.45. The van der Waals surface area contributed by atoms with Crippen LogP contribution in [-0.4, -0.2) is 20.3 Å². The summed E-state index contributed by atoms with van der Waals surface area (Å²) in [5, 5.41) is 3.36. The maximum atomic E-state index is 5.06. The fourth-order valence-electron chi connectivity index (χ4n) is 1.20. The average molecular weight is 258 g/mol. The Morgan fingerprint density at radius 2 is 2.00 bits per heavy atom. The van der Waals surface area contributed by atoms with E-state index in [1.807, 2.05) is 12.1 Å². The molecule has 1 N–H and O–H groups in total. The minimum absolute atomic E-state index is 0.531. The number of rotatable bonds is 5. The van der Waals surface area contributed by atoms with E-state index in [0.717, 1.165) is 23.3 Å². The Bertz CT molecular complexity index is 260. The van der Waals surface area contributed by atoms with Crippen molar-refractivity contribution < 1.29 is 4.74 Å². The van der Waals surface area contributed by atoms with E-state index in [0.29, 0.717) is 5.92 Å². The molecule has 0 aliphatic heterocycles. The van der Waals surface area contributed by atoms with E-state index in [1.165, 1.54) is 0 Å². The summed E-state index contributed by atoms with van der Waals surface area (Å²) in [5.41, 5.74) is 1.15. The van der Waals surface area contributed by atoms with Gasteiger partial charge >= 0.3 is 0 Å².